The van der Waals surface area contributed by atoms with Crippen LogP contribution in [-0.2, 0) is 12.3 Å². The Morgan fingerprint density at radius 3 is 0.778 bits per heavy atom. The molecule has 0 aliphatic heterocycles. The van der Waals surface area contributed by atoms with Crippen LogP contribution >= 0.6 is 0 Å². The van der Waals surface area contributed by atoms with E-state index in [2.05, 4.69) is 0 Å². The van der Waals surface area contributed by atoms with Gasteiger partial charge in [0.25, 0.3) is 0 Å². The van der Waals surface area contributed by atoms with E-state index in [1.807, 2.05) is 52.0 Å². The van der Waals surface area contributed by atoms with Crippen molar-refractivity contribution in [1.82, 2.24) is 0 Å². The molecule has 232 valence electrons. The third-order valence-corrected chi connectivity index (χ3v) is 13.1. The van der Waals surface area contributed by atoms with Gasteiger partial charge in [-0.2, -0.15) is 0 Å². The summed E-state index contributed by atoms with van der Waals surface area (Å²) in [6.07, 6.45) is 0. The van der Waals surface area contributed by atoms with Crippen molar-refractivity contribution < 1.29 is 31.5 Å². The first-order chi connectivity index (χ1) is 21.2. The topological polar surface area (TPSA) is 105 Å². The number of hydrogen-bond donors (Lipinski definition) is 0. The van der Waals surface area contributed by atoms with E-state index in [9.17, 15) is 19.2 Å². The van der Waals surface area contributed by atoms with Gasteiger partial charge in [0.15, 0.2) is 0 Å². The molecule has 0 aromatic heterocycles. The van der Waals surface area contributed by atoms with Gasteiger partial charge in [0.05, 0.1) is 0 Å². The summed E-state index contributed by atoms with van der Waals surface area (Å²) in [6.45, 7) is 14.2. The predicted molar refractivity (Wildman–Crippen MR) is 171 cm³/mol. The Balaban J connectivity index is 1.89. The summed E-state index contributed by atoms with van der Waals surface area (Å²) in [6, 6.07) is 20.1. The van der Waals surface area contributed by atoms with Gasteiger partial charge in [-0.25, -0.2) is 0 Å². The fraction of sp³-hybridized carbons (Fsp3) is 0.222. The van der Waals surface area contributed by atoms with Crippen LogP contribution < -0.4 is 0 Å². The first-order valence-corrected chi connectivity index (χ1v) is 19.1. The first kappa shape index (κ1) is 33.5. The molecular weight excluding hydrogens is 679 g/mol. The molecule has 0 radical (unpaired) electrons. The maximum atomic E-state index is 13.8. The molecule has 0 aliphatic rings. The molecule has 4 aromatic rings. The molecule has 0 saturated heterocycles. The van der Waals surface area contributed by atoms with Crippen LogP contribution in [0.3, 0.4) is 0 Å². The summed E-state index contributed by atoms with van der Waals surface area (Å²) >= 11 is -6.41. The van der Waals surface area contributed by atoms with Crippen LogP contribution in [0.25, 0.3) is 0 Å². The molecule has 0 saturated carbocycles. The zero-order valence-electron chi connectivity index (χ0n) is 26.7. The number of carbonyl (C=O) groups excluding carboxylic acids is 4. The van der Waals surface area contributed by atoms with E-state index >= 15 is 0 Å². The van der Waals surface area contributed by atoms with Crippen LogP contribution in [0.15, 0.2) is 72.8 Å². The Kier molecular flexibility index (Phi) is 10.2. The molecule has 9 heteroatoms. The molecule has 0 bridgehead atoms. The molecule has 4 aromatic carbocycles. The zero-order valence-corrected chi connectivity index (χ0v) is 29.5. The van der Waals surface area contributed by atoms with Gasteiger partial charge in [-0.1, -0.05) is 0 Å². The molecule has 0 aliphatic carbocycles. The average molecular weight is 715 g/mol. The second-order valence-electron chi connectivity index (χ2n) is 11.0. The van der Waals surface area contributed by atoms with Gasteiger partial charge >= 0.3 is 270 Å². The molecule has 0 spiro atoms. The van der Waals surface area contributed by atoms with Crippen LogP contribution in [0.4, 0.5) is 0 Å². The number of carbonyl (C=O) groups is 4. The maximum absolute atomic E-state index is 13.8. The number of aryl methyl sites for hydroxylation is 4. The van der Waals surface area contributed by atoms with Gasteiger partial charge in [-0.15, -0.1) is 0 Å². The Bertz CT molecular complexity index is 1560. The Labute approximate surface area is 269 Å². The van der Waals surface area contributed by atoms with Crippen LogP contribution in [0, 0.1) is 55.4 Å². The fourth-order valence-electron chi connectivity index (χ4n) is 4.69. The molecule has 0 fully saturated rings. The normalized spacial score (nSPS) is 11.0. The van der Waals surface area contributed by atoms with Crippen molar-refractivity contribution in [3.05, 3.63) is 140 Å². The summed E-state index contributed by atoms with van der Waals surface area (Å²) in [5.74, 6) is -3.82. The minimum absolute atomic E-state index is 0.143. The minimum atomic E-state index is -6.41. The van der Waals surface area contributed by atoms with Crippen LogP contribution in [-0.4, -0.2) is 43.9 Å². The SMILES string of the molecule is Cc1cccc(C(=O)[O][Sn]([O]C(=O)c2cccc(C)c2C)([O]C(=O)c2cccc(C)c2C)[O]C(=O)c2cccc(C)c2C)c1C. The van der Waals surface area contributed by atoms with Gasteiger partial charge in [-0.05, 0) is 0 Å². The van der Waals surface area contributed by atoms with E-state index in [1.165, 1.54) is 24.3 Å². The molecule has 0 N–H and O–H groups in total. The van der Waals surface area contributed by atoms with E-state index in [-0.39, 0.29) is 22.3 Å². The van der Waals surface area contributed by atoms with E-state index in [1.54, 1.807) is 52.0 Å². The second-order valence-corrected chi connectivity index (χ2v) is 16.2. The Morgan fingerprint density at radius 2 is 0.578 bits per heavy atom. The van der Waals surface area contributed by atoms with Gasteiger partial charge in [0, 0.05) is 0 Å². The van der Waals surface area contributed by atoms with Crippen molar-refractivity contribution in [3.8, 4) is 0 Å². The van der Waals surface area contributed by atoms with Gasteiger partial charge in [0.1, 0.15) is 0 Å². The summed E-state index contributed by atoms with van der Waals surface area (Å²) in [5.41, 5.74) is 6.19. The molecule has 0 amide bonds. The summed E-state index contributed by atoms with van der Waals surface area (Å²) in [4.78, 5) is 55.2. The van der Waals surface area contributed by atoms with Crippen molar-refractivity contribution in [1.29, 1.82) is 0 Å². The Morgan fingerprint density at radius 1 is 0.378 bits per heavy atom. The van der Waals surface area contributed by atoms with Crippen LogP contribution in [0.2, 0.25) is 0 Å². The predicted octanol–water partition coefficient (Wildman–Crippen LogP) is 7.32. The molecule has 4 rings (SSSR count). The van der Waals surface area contributed by atoms with E-state index in [0.29, 0.717) is 22.3 Å². The van der Waals surface area contributed by atoms with Crippen molar-refractivity contribution >= 4 is 43.9 Å². The molecular formula is C36H36O8Sn. The molecule has 0 unspecified atom stereocenters. The fourth-order valence-corrected chi connectivity index (χ4v) is 9.25. The molecule has 0 atom stereocenters. The molecule has 8 nitrogen and oxygen atoms in total. The Hall–Kier alpha value is -4.44. The number of rotatable bonds is 8. The summed E-state index contributed by atoms with van der Waals surface area (Å²) in [7, 11) is 0. The zero-order chi connectivity index (χ0) is 33.1. The average Bonchev–Trinajstić information content (AvgIpc) is 2.98. The molecule has 45 heavy (non-hydrogen) atoms. The standard InChI is InChI=1S/4C9H10O2.Sn/c4*1-6-4-3-5-8(7(6)2)9(10)11;/h4*3-5H,1-2H3,(H,10,11);/q;;;;+4/p-4. The van der Waals surface area contributed by atoms with Crippen molar-refractivity contribution in [2.45, 2.75) is 55.4 Å². The van der Waals surface area contributed by atoms with E-state index in [4.69, 9.17) is 12.3 Å². The summed E-state index contributed by atoms with van der Waals surface area (Å²) < 4.78 is 23.6. The van der Waals surface area contributed by atoms with Gasteiger partial charge in [0.2, 0.25) is 0 Å². The quantitative estimate of drug-likeness (QED) is 0.175. The molecule has 0 heterocycles. The van der Waals surface area contributed by atoms with E-state index < -0.39 is 43.9 Å². The number of hydrogen-bond acceptors (Lipinski definition) is 8. The van der Waals surface area contributed by atoms with Gasteiger partial charge in [-0.3, -0.25) is 0 Å². The van der Waals surface area contributed by atoms with Crippen molar-refractivity contribution in [3.63, 3.8) is 0 Å². The van der Waals surface area contributed by atoms with E-state index in [0.717, 1.165) is 22.3 Å². The van der Waals surface area contributed by atoms with Crippen LogP contribution in [0.1, 0.15) is 85.9 Å². The van der Waals surface area contributed by atoms with Crippen molar-refractivity contribution in [2.24, 2.45) is 0 Å². The van der Waals surface area contributed by atoms with Crippen molar-refractivity contribution in [2.75, 3.05) is 0 Å². The third-order valence-electron chi connectivity index (χ3n) is 8.17. The summed E-state index contributed by atoms with van der Waals surface area (Å²) in [5, 5.41) is 0. The van der Waals surface area contributed by atoms with Gasteiger partial charge < -0.3 is 0 Å². The number of benzene rings is 4. The first-order valence-electron chi connectivity index (χ1n) is 14.4. The third kappa shape index (κ3) is 7.28. The van der Waals surface area contributed by atoms with Crippen LogP contribution in [0.5, 0.6) is 0 Å². The monoisotopic (exact) mass is 716 g/mol. The second kappa shape index (κ2) is 13.7.